The fourth-order valence-electron chi connectivity index (χ4n) is 3.88. The molecule has 1 saturated heterocycles. The molecule has 0 saturated carbocycles. The summed E-state index contributed by atoms with van der Waals surface area (Å²) in [5, 5.41) is 5.98. The quantitative estimate of drug-likeness (QED) is 0.643. The van der Waals surface area contributed by atoms with Crippen LogP contribution in [0.25, 0.3) is 0 Å². The van der Waals surface area contributed by atoms with Crippen molar-refractivity contribution in [3.8, 4) is 0 Å². The Morgan fingerprint density at radius 2 is 1.87 bits per heavy atom. The van der Waals surface area contributed by atoms with Crippen LogP contribution in [0, 0.1) is 6.92 Å². The molecule has 1 amide bonds. The van der Waals surface area contributed by atoms with Gasteiger partial charge >= 0.3 is 0 Å². The number of carbonyl (C=O) groups excluding carboxylic acids is 1. The molecule has 1 fully saturated rings. The van der Waals surface area contributed by atoms with E-state index in [4.69, 9.17) is 0 Å². The number of benzene rings is 2. The number of nitrogens with zero attached hydrogens (tertiary/aromatic N) is 4. The second-order valence-corrected chi connectivity index (χ2v) is 7.66. The number of piperidine rings is 1. The van der Waals surface area contributed by atoms with Crippen LogP contribution in [0.2, 0.25) is 0 Å². The average molecular weight is 420 g/mol. The molecule has 1 aliphatic rings. The predicted molar refractivity (Wildman–Crippen MR) is 120 cm³/mol. The van der Waals surface area contributed by atoms with Gasteiger partial charge in [0.05, 0.1) is 6.54 Å². The lowest BCUT2D eigenvalue weighted by molar-refractivity contribution is -0.114. The summed E-state index contributed by atoms with van der Waals surface area (Å²) in [5.74, 6) is 0.564. The summed E-state index contributed by atoms with van der Waals surface area (Å²) in [4.78, 5) is 26.2. The van der Waals surface area contributed by atoms with Crippen LogP contribution in [-0.2, 0) is 4.79 Å². The molecule has 2 heterocycles. The highest BCUT2D eigenvalue weighted by molar-refractivity contribution is 5.90. The summed E-state index contributed by atoms with van der Waals surface area (Å²) in [5.41, 5.74) is 3.39. The van der Waals surface area contributed by atoms with E-state index in [1.54, 1.807) is 0 Å². The van der Waals surface area contributed by atoms with E-state index < -0.39 is 6.17 Å². The lowest BCUT2D eigenvalue weighted by atomic mass is 9.88. The molecule has 8 heteroatoms. The number of carbonyl (C=O) groups is 1. The monoisotopic (exact) mass is 420 g/mol. The van der Waals surface area contributed by atoms with Crippen LogP contribution in [0.1, 0.15) is 30.4 Å². The summed E-state index contributed by atoms with van der Waals surface area (Å²) >= 11 is 0. The molecule has 1 aliphatic heterocycles. The first-order chi connectivity index (χ1) is 15.0. The van der Waals surface area contributed by atoms with E-state index in [0.717, 1.165) is 22.5 Å². The summed E-state index contributed by atoms with van der Waals surface area (Å²) < 4.78 is 15.0. The summed E-state index contributed by atoms with van der Waals surface area (Å²) in [6.45, 7) is 4.27. The Morgan fingerprint density at radius 1 is 1.10 bits per heavy atom. The Labute approximate surface area is 180 Å². The Balaban J connectivity index is 1.48. The van der Waals surface area contributed by atoms with E-state index in [-0.39, 0.29) is 18.4 Å². The van der Waals surface area contributed by atoms with Crippen molar-refractivity contribution in [1.29, 1.82) is 0 Å². The van der Waals surface area contributed by atoms with Crippen LogP contribution in [0.4, 0.5) is 27.7 Å². The number of aromatic nitrogens is 3. The number of anilines is 4. The van der Waals surface area contributed by atoms with Gasteiger partial charge in [-0.2, -0.15) is 4.98 Å². The van der Waals surface area contributed by atoms with Crippen LogP contribution in [0.5, 0.6) is 0 Å². The van der Waals surface area contributed by atoms with Gasteiger partial charge in [0.1, 0.15) is 12.5 Å². The van der Waals surface area contributed by atoms with Crippen molar-refractivity contribution in [1.82, 2.24) is 15.0 Å². The summed E-state index contributed by atoms with van der Waals surface area (Å²) in [6, 6.07) is 15.3. The highest BCUT2D eigenvalue weighted by Crippen LogP contribution is 2.32. The minimum absolute atomic E-state index is 0.115. The van der Waals surface area contributed by atoms with Gasteiger partial charge in [-0.05, 0) is 36.6 Å². The number of hydrogen-bond acceptors (Lipinski definition) is 6. The van der Waals surface area contributed by atoms with E-state index in [1.807, 2.05) is 60.4 Å². The van der Waals surface area contributed by atoms with Crippen molar-refractivity contribution in [3.63, 3.8) is 0 Å². The number of rotatable bonds is 5. The average Bonchev–Trinajstić information content (AvgIpc) is 2.77. The van der Waals surface area contributed by atoms with E-state index >= 15 is 0 Å². The number of amides is 1. The zero-order chi connectivity index (χ0) is 21.8. The molecule has 4 rings (SSSR count). The molecule has 3 aromatic rings. The van der Waals surface area contributed by atoms with E-state index in [1.165, 1.54) is 13.3 Å². The number of hydrogen-bond donors (Lipinski definition) is 2. The lowest BCUT2D eigenvalue weighted by Gasteiger charge is -2.34. The van der Waals surface area contributed by atoms with Gasteiger partial charge in [-0.1, -0.05) is 36.4 Å². The fraction of sp³-hybridized carbons (Fsp3) is 0.304. The first-order valence-corrected chi connectivity index (χ1v) is 10.3. The molecule has 1 aromatic heterocycles. The van der Waals surface area contributed by atoms with Gasteiger partial charge in [0.15, 0.2) is 0 Å². The minimum Gasteiger partial charge on any atom is -0.338 e. The molecule has 0 radical (unpaired) electrons. The maximum atomic E-state index is 15.0. The Kier molecular flexibility index (Phi) is 6.06. The molecule has 0 aliphatic carbocycles. The molecular formula is C23H25FN6O. The number of halogens is 1. The van der Waals surface area contributed by atoms with Crippen molar-refractivity contribution in [2.45, 2.75) is 32.4 Å². The second-order valence-electron chi connectivity index (χ2n) is 7.66. The minimum atomic E-state index is -0.999. The van der Waals surface area contributed by atoms with Gasteiger partial charge in [-0.15, -0.1) is 0 Å². The Morgan fingerprint density at radius 3 is 2.61 bits per heavy atom. The Bertz CT molecular complexity index is 1060. The molecule has 0 bridgehead atoms. The van der Waals surface area contributed by atoms with Crippen LogP contribution < -0.4 is 15.5 Å². The number of nitrogens with one attached hydrogen (secondary N) is 2. The van der Waals surface area contributed by atoms with Gasteiger partial charge in [0.2, 0.25) is 17.8 Å². The normalized spacial score (nSPS) is 18.5. The van der Waals surface area contributed by atoms with Crippen molar-refractivity contribution in [2.24, 2.45) is 0 Å². The van der Waals surface area contributed by atoms with Gasteiger partial charge in [-0.25, -0.2) is 14.4 Å². The van der Waals surface area contributed by atoms with Gasteiger partial charge in [0, 0.05) is 30.8 Å². The highest BCUT2D eigenvalue weighted by Gasteiger charge is 2.31. The third-order valence-corrected chi connectivity index (χ3v) is 5.50. The van der Waals surface area contributed by atoms with Crippen molar-refractivity contribution in [2.75, 3.05) is 28.6 Å². The molecule has 160 valence electrons. The topological polar surface area (TPSA) is 83.0 Å². The zero-order valence-electron chi connectivity index (χ0n) is 17.5. The van der Waals surface area contributed by atoms with Crippen molar-refractivity contribution in [3.05, 3.63) is 66.0 Å². The van der Waals surface area contributed by atoms with E-state index in [2.05, 4.69) is 25.6 Å². The summed E-state index contributed by atoms with van der Waals surface area (Å²) in [7, 11) is 0. The molecule has 0 unspecified atom stereocenters. The second kappa shape index (κ2) is 9.07. The number of alkyl halides is 1. The predicted octanol–water partition coefficient (Wildman–Crippen LogP) is 4.21. The molecule has 7 nitrogen and oxygen atoms in total. The van der Waals surface area contributed by atoms with Crippen molar-refractivity contribution >= 4 is 29.2 Å². The maximum absolute atomic E-state index is 15.0. The van der Waals surface area contributed by atoms with Crippen LogP contribution in [-0.4, -0.2) is 40.1 Å². The molecule has 2 atom stereocenters. The van der Waals surface area contributed by atoms with Gasteiger partial charge in [0.25, 0.3) is 0 Å². The highest BCUT2D eigenvalue weighted by atomic mass is 19.1. The summed E-state index contributed by atoms with van der Waals surface area (Å²) in [6.07, 6.45) is 1.12. The maximum Gasteiger partial charge on any atom is 0.232 e. The molecular weight excluding hydrogens is 395 g/mol. The molecule has 31 heavy (non-hydrogen) atoms. The largest absolute Gasteiger partial charge is 0.338 e. The van der Waals surface area contributed by atoms with Crippen molar-refractivity contribution < 1.29 is 9.18 Å². The standard InChI is InChI=1S/C23H25FN6O/c1-15-20(27-16(2)31)9-6-10-21(15)28-22-25-14-26-23(29-22)30-12-11-18(19(24)13-30)17-7-4-3-5-8-17/h3-10,14,18-19H,11-13H2,1-2H3,(H,27,31)(H,25,26,28,29)/t18-,19+/m1/s1. The molecule has 0 spiro atoms. The third-order valence-electron chi connectivity index (χ3n) is 5.50. The van der Waals surface area contributed by atoms with Crippen LogP contribution in [0.3, 0.4) is 0 Å². The van der Waals surface area contributed by atoms with E-state index in [0.29, 0.717) is 24.9 Å². The zero-order valence-corrected chi connectivity index (χ0v) is 17.5. The van der Waals surface area contributed by atoms with Crippen LogP contribution >= 0.6 is 0 Å². The van der Waals surface area contributed by atoms with Gasteiger partial charge < -0.3 is 15.5 Å². The smallest absolute Gasteiger partial charge is 0.232 e. The lowest BCUT2D eigenvalue weighted by Crippen LogP contribution is -2.41. The Hall–Kier alpha value is -3.55. The van der Waals surface area contributed by atoms with Crippen LogP contribution in [0.15, 0.2) is 54.9 Å². The first-order valence-electron chi connectivity index (χ1n) is 10.3. The molecule has 2 aromatic carbocycles. The molecule has 2 N–H and O–H groups in total. The SMILES string of the molecule is CC(=O)Nc1cccc(Nc2ncnc(N3CC[C@H](c4ccccc4)[C@@H](F)C3)n2)c1C. The van der Waals surface area contributed by atoms with Gasteiger partial charge in [-0.3, -0.25) is 4.79 Å². The fourth-order valence-corrected chi connectivity index (χ4v) is 3.88. The van der Waals surface area contributed by atoms with E-state index in [9.17, 15) is 9.18 Å². The third kappa shape index (κ3) is 4.79. The first kappa shape index (κ1) is 20.7.